The molecule has 2 aromatic heterocycles. The van der Waals surface area contributed by atoms with E-state index in [1.54, 1.807) is 0 Å². The molecular formula is C11H22N7O8P. The Morgan fingerprint density at radius 3 is 2.63 bits per heavy atom. The van der Waals surface area contributed by atoms with Crippen molar-refractivity contribution >= 4 is 24.6 Å². The van der Waals surface area contributed by atoms with E-state index in [1.807, 2.05) is 0 Å². The average molecular weight is 411 g/mol. The van der Waals surface area contributed by atoms with E-state index in [1.165, 1.54) is 17.2 Å². The molecule has 3 rings (SSSR count). The molecule has 3 heterocycles. The largest absolute Gasteiger partial charge is 0.388 e. The third-order valence-corrected chi connectivity index (χ3v) is 4.02. The van der Waals surface area contributed by atoms with Gasteiger partial charge < -0.3 is 52.2 Å². The first-order valence-electron chi connectivity index (χ1n) is 6.95. The van der Waals surface area contributed by atoms with Gasteiger partial charge in [0.25, 0.3) is 5.91 Å². The van der Waals surface area contributed by atoms with Gasteiger partial charge in [-0.3, -0.25) is 9.13 Å². The summed E-state index contributed by atoms with van der Waals surface area (Å²) in [5, 5.41) is 20.2. The molecule has 0 unspecified atom stereocenters. The Hall–Kier alpha value is -1.78. The fourth-order valence-electron chi connectivity index (χ4n) is 2.40. The van der Waals surface area contributed by atoms with E-state index in [0.717, 1.165) is 0 Å². The van der Waals surface area contributed by atoms with Crippen LogP contribution in [0.5, 0.6) is 0 Å². The predicted molar refractivity (Wildman–Crippen MR) is 89.7 cm³/mol. The maximum atomic E-state index is 10.8. The third kappa shape index (κ3) is 4.39. The predicted octanol–water partition coefficient (Wildman–Crippen LogP) is -1.78. The minimum Gasteiger partial charge on any atom is -0.388 e. The van der Waals surface area contributed by atoms with Crippen molar-refractivity contribution in [1.82, 2.24) is 31.8 Å². The van der Waals surface area contributed by atoms with E-state index in [9.17, 15) is 14.8 Å². The summed E-state index contributed by atoms with van der Waals surface area (Å²) in [5.74, 6) is -1.88. The fraction of sp³-hybridized carbons (Fsp3) is 0.545. The fourth-order valence-corrected chi connectivity index (χ4v) is 2.71. The summed E-state index contributed by atoms with van der Waals surface area (Å²) in [5.41, 5.74) is 6.09. The topological polar surface area (TPSA) is 265 Å². The number of nitrogens with zero attached hydrogens (tertiary/aromatic N) is 4. The van der Waals surface area contributed by atoms with Crippen molar-refractivity contribution in [3.05, 3.63) is 12.7 Å². The van der Waals surface area contributed by atoms with Crippen LogP contribution in [0, 0.1) is 0 Å². The van der Waals surface area contributed by atoms with Crippen molar-refractivity contribution in [2.24, 2.45) is 0 Å². The standard InChI is InChI=1S/C11H16N5O8P.2H3N/c12-9-7-10(14-2-13-9)16(3-15-7)11(8(18)6(17)1-23-11)24-4-22-5-25(19,20)21;;/h2-3,6,8,17-18H,1,4-5H2,(H2,12,13,14)(H2,19,20,21);2*1H3/t6-,8-,11+;;/m1../s1. The van der Waals surface area contributed by atoms with Crippen molar-refractivity contribution in [3.8, 4) is 0 Å². The molecule has 2 aromatic rings. The van der Waals surface area contributed by atoms with Crippen LogP contribution in [-0.4, -0.2) is 71.5 Å². The zero-order valence-electron chi connectivity index (χ0n) is 14.1. The summed E-state index contributed by atoms with van der Waals surface area (Å²) in [4.78, 5) is 29.4. The molecule has 1 aliphatic heterocycles. The van der Waals surface area contributed by atoms with E-state index in [0.29, 0.717) is 0 Å². The maximum Gasteiger partial charge on any atom is 0.351 e. The summed E-state index contributed by atoms with van der Waals surface area (Å²) in [7, 11) is -4.39. The molecule has 1 aliphatic rings. The number of anilines is 1. The highest BCUT2D eigenvalue weighted by atomic mass is 31.2. The molecule has 16 heteroatoms. The number of aliphatic hydroxyl groups is 2. The normalized spacial score (nSPS) is 25.2. The lowest BCUT2D eigenvalue weighted by atomic mass is 10.2. The summed E-state index contributed by atoms with van der Waals surface area (Å²) in [6, 6.07) is 0. The van der Waals surface area contributed by atoms with E-state index >= 15 is 0 Å². The molecule has 0 aromatic carbocycles. The van der Waals surface area contributed by atoms with Crippen LogP contribution < -0.4 is 18.0 Å². The maximum absolute atomic E-state index is 10.8. The Labute approximate surface area is 152 Å². The van der Waals surface area contributed by atoms with Gasteiger partial charge in [-0.05, 0) is 0 Å². The van der Waals surface area contributed by atoms with Crippen LogP contribution in [-0.2, 0) is 24.7 Å². The van der Waals surface area contributed by atoms with Crippen LogP contribution >= 0.6 is 7.60 Å². The Kier molecular flexibility index (Phi) is 7.31. The molecule has 0 saturated carbocycles. The molecule has 15 nitrogen and oxygen atoms in total. The molecule has 0 aliphatic carbocycles. The van der Waals surface area contributed by atoms with Crippen LogP contribution in [0.15, 0.2) is 12.7 Å². The first-order chi connectivity index (χ1) is 11.7. The van der Waals surface area contributed by atoms with Crippen LogP contribution in [0.3, 0.4) is 0 Å². The molecule has 154 valence electrons. The van der Waals surface area contributed by atoms with E-state index in [2.05, 4.69) is 15.0 Å². The molecule has 0 spiro atoms. The molecule has 1 fully saturated rings. The number of ether oxygens (including phenoxy) is 3. The van der Waals surface area contributed by atoms with Crippen molar-refractivity contribution in [2.45, 2.75) is 18.1 Å². The van der Waals surface area contributed by atoms with Gasteiger partial charge in [0.05, 0.1) is 6.61 Å². The molecule has 0 amide bonds. The second-order valence-electron chi connectivity index (χ2n) is 5.26. The van der Waals surface area contributed by atoms with Gasteiger partial charge in [-0.25, -0.2) is 15.0 Å². The SMILES string of the molecule is N.N.Nc1ncnc2c1ncn2[C@]1(OCOCP(=O)(O)O)OC[C@@H](O)[C@H]1O. The smallest absolute Gasteiger partial charge is 0.351 e. The first-order valence-corrected chi connectivity index (χ1v) is 8.75. The summed E-state index contributed by atoms with van der Waals surface area (Å²) < 4.78 is 27.6. The minimum atomic E-state index is -4.39. The highest BCUT2D eigenvalue weighted by Crippen LogP contribution is 2.37. The Morgan fingerprint density at radius 1 is 1.33 bits per heavy atom. The summed E-state index contributed by atoms with van der Waals surface area (Å²) >= 11 is 0. The highest BCUT2D eigenvalue weighted by molar-refractivity contribution is 7.51. The van der Waals surface area contributed by atoms with Crippen molar-refractivity contribution in [1.29, 1.82) is 0 Å². The lowest BCUT2D eigenvalue weighted by Gasteiger charge is -2.32. The van der Waals surface area contributed by atoms with Crippen LogP contribution in [0.1, 0.15) is 0 Å². The van der Waals surface area contributed by atoms with Crippen LogP contribution in [0.4, 0.5) is 5.82 Å². The Morgan fingerprint density at radius 2 is 2.04 bits per heavy atom. The second-order valence-corrected chi connectivity index (χ2v) is 6.85. The van der Waals surface area contributed by atoms with Gasteiger partial charge in [0.2, 0.25) is 0 Å². The van der Waals surface area contributed by atoms with Gasteiger partial charge in [0.15, 0.2) is 30.7 Å². The number of fused-ring (bicyclic) bond motifs is 1. The second kappa shape index (κ2) is 8.49. The number of rotatable bonds is 6. The monoisotopic (exact) mass is 411 g/mol. The van der Waals surface area contributed by atoms with Gasteiger partial charge in [-0.1, -0.05) is 0 Å². The molecule has 12 N–H and O–H groups in total. The zero-order valence-corrected chi connectivity index (χ0v) is 15.0. The molecular weight excluding hydrogens is 389 g/mol. The van der Waals surface area contributed by atoms with E-state index in [4.69, 9.17) is 29.7 Å². The average Bonchev–Trinajstić information content (AvgIpc) is 3.09. The number of nitrogen functional groups attached to an aromatic ring is 1. The number of hydrogen-bond donors (Lipinski definition) is 7. The van der Waals surface area contributed by atoms with Crippen molar-refractivity contribution in [2.75, 3.05) is 25.5 Å². The van der Waals surface area contributed by atoms with Gasteiger partial charge in [0.1, 0.15) is 24.3 Å². The zero-order chi connectivity index (χ0) is 18.2. The number of hydrogen-bond acceptors (Lipinski definition) is 12. The quantitative estimate of drug-likeness (QED) is 0.157. The van der Waals surface area contributed by atoms with E-state index < -0.39 is 38.9 Å². The number of aliphatic hydroxyl groups excluding tert-OH is 2. The van der Waals surface area contributed by atoms with Crippen molar-refractivity contribution < 1.29 is 38.8 Å². The van der Waals surface area contributed by atoms with Gasteiger partial charge >= 0.3 is 7.60 Å². The Balaban J connectivity index is 0.00000182. The molecule has 27 heavy (non-hydrogen) atoms. The molecule has 3 atom stereocenters. The van der Waals surface area contributed by atoms with Gasteiger partial charge in [0, 0.05) is 0 Å². The van der Waals surface area contributed by atoms with E-state index in [-0.39, 0.29) is 35.9 Å². The minimum absolute atomic E-state index is 0. The first kappa shape index (κ1) is 23.3. The number of aromatic nitrogens is 4. The Bertz CT molecular complexity index is 815. The number of imidazole rings is 1. The molecule has 0 radical (unpaired) electrons. The lowest BCUT2D eigenvalue weighted by Crippen LogP contribution is -2.48. The molecule has 0 bridgehead atoms. The van der Waals surface area contributed by atoms with Crippen LogP contribution in [0.2, 0.25) is 0 Å². The van der Waals surface area contributed by atoms with Gasteiger partial charge in [-0.15, -0.1) is 0 Å². The van der Waals surface area contributed by atoms with Crippen molar-refractivity contribution in [3.63, 3.8) is 0 Å². The lowest BCUT2D eigenvalue weighted by molar-refractivity contribution is -0.328. The highest BCUT2D eigenvalue weighted by Gasteiger charge is 2.53. The van der Waals surface area contributed by atoms with Crippen LogP contribution in [0.25, 0.3) is 11.2 Å². The molecule has 1 saturated heterocycles. The third-order valence-electron chi connectivity index (χ3n) is 3.51. The van der Waals surface area contributed by atoms with Gasteiger partial charge in [-0.2, -0.15) is 0 Å². The summed E-state index contributed by atoms with van der Waals surface area (Å²) in [6.45, 7) is -0.908. The number of nitrogens with two attached hydrogens (primary N) is 1. The summed E-state index contributed by atoms with van der Waals surface area (Å²) in [6.07, 6.45) is -1.33.